The number of unbranched alkanes of at least 4 members (excludes halogenated alkanes) is 1. The molecule has 0 saturated heterocycles. The minimum Gasteiger partial charge on any atom is -0.494 e. The van der Waals surface area contributed by atoms with Gasteiger partial charge in [0.05, 0.1) is 21.8 Å². The van der Waals surface area contributed by atoms with Crippen LogP contribution in [0.3, 0.4) is 0 Å². The molecule has 2 aromatic carbocycles. The van der Waals surface area contributed by atoms with E-state index in [1.807, 2.05) is 19.1 Å². The molecule has 1 aliphatic heterocycles. The second kappa shape index (κ2) is 9.03. The van der Waals surface area contributed by atoms with E-state index in [1.54, 1.807) is 11.3 Å². The summed E-state index contributed by atoms with van der Waals surface area (Å²) in [7, 11) is 0. The fourth-order valence-corrected chi connectivity index (χ4v) is 5.24. The van der Waals surface area contributed by atoms with Crippen LogP contribution >= 0.6 is 22.9 Å². The summed E-state index contributed by atoms with van der Waals surface area (Å²) in [6.45, 7) is 6.02. The number of aromatic nitrogens is 2. The van der Waals surface area contributed by atoms with Crippen LogP contribution < -0.4 is 4.74 Å². The highest BCUT2D eigenvalue weighted by Crippen LogP contribution is 2.30. The SMILES string of the molecule is Cc1nc2cc(OCCCCN3CC=C(c4c[nH]c5cc(Cl)ccc45)CC3)ccc2s1. The van der Waals surface area contributed by atoms with E-state index in [9.17, 15) is 0 Å². The summed E-state index contributed by atoms with van der Waals surface area (Å²) >= 11 is 7.83. The highest BCUT2D eigenvalue weighted by atomic mass is 35.5. The Bertz CT molecular complexity index is 1240. The van der Waals surface area contributed by atoms with Crippen molar-refractivity contribution >= 4 is 49.6 Å². The third kappa shape index (κ3) is 4.64. The van der Waals surface area contributed by atoms with E-state index in [0.717, 1.165) is 72.3 Å². The number of hydrogen-bond acceptors (Lipinski definition) is 4. The Kier molecular flexibility index (Phi) is 5.99. The van der Waals surface area contributed by atoms with E-state index < -0.39 is 0 Å². The van der Waals surface area contributed by atoms with E-state index in [0.29, 0.717) is 0 Å². The lowest BCUT2D eigenvalue weighted by molar-refractivity contribution is 0.265. The van der Waals surface area contributed by atoms with Crippen molar-refractivity contribution in [1.82, 2.24) is 14.9 Å². The number of ether oxygens (including phenoxy) is 1. The first-order valence-corrected chi connectivity index (χ1v) is 12.0. The van der Waals surface area contributed by atoms with Gasteiger partial charge in [-0.1, -0.05) is 23.7 Å². The molecule has 1 aliphatic rings. The lowest BCUT2D eigenvalue weighted by Crippen LogP contribution is -2.29. The third-order valence-electron chi connectivity index (χ3n) is 5.89. The summed E-state index contributed by atoms with van der Waals surface area (Å²) in [5.74, 6) is 0.920. The van der Waals surface area contributed by atoms with Gasteiger partial charge >= 0.3 is 0 Å². The first-order valence-electron chi connectivity index (χ1n) is 10.8. The summed E-state index contributed by atoms with van der Waals surface area (Å²) in [5.41, 5.74) is 4.89. The minimum atomic E-state index is 0.751. The van der Waals surface area contributed by atoms with E-state index in [2.05, 4.69) is 51.4 Å². The van der Waals surface area contributed by atoms with Crippen molar-refractivity contribution in [2.45, 2.75) is 26.2 Å². The molecule has 0 bridgehead atoms. The highest BCUT2D eigenvalue weighted by Gasteiger charge is 2.15. The fourth-order valence-electron chi connectivity index (χ4n) is 4.26. The molecule has 1 N–H and O–H groups in total. The van der Waals surface area contributed by atoms with Gasteiger partial charge in [-0.25, -0.2) is 4.98 Å². The van der Waals surface area contributed by atoms with Gasteiger partial charge in [0.15, 0.2) is 0 Å². The molecule has 5 rings (SSSR count). The van der Waals surface area contributed by atoms with Crippen LogP contribution in [-0.2, 0) is 0 Å². The lowest BCUT2D eigenvalue weighted by atomic mass is 9.99. The predicted molar refractivity (Wildman–Crippen MR) is 131 cm³/mol. The maximum absolute atomic E-state index is 6.11. The van der Waals surface area contributed by atoms with Gasteiger partial charge in [-0.3, -0.25) is 4.90 Å². The average Bonchev–Trinajstić information content (AvgIpc) is 3.35. The molecule has 6 heteroatoms. The number of halogens is 1. The van der Waals surface area contributed by atoms with Gasteiger partial charge < -0.3 is 9.72 Å². The van der Waals surface area contributed by atoms with Gasteiger partial charge in [0.25, 0.3) is 0 Å². The second-order valence-corrected chi connectivity index (χ2v) is 9.76. The fraction of sp³-hybridized carbons (Fsp3) is 0.320. The van der Waals surface area contributed by atoms with Gasteiger partial charge in [0, 0.05) is 46.8 Å². The predicted octanol–water partition coefficient (Wildman–Crippen LogP) is 6.69. The van der Waals surface area contributed by atoms with Crippen molar-refractivity contribution < 1.29 is 4.74 Å². The van der Waals surface area contributed by atoms with E-state index in [4.69, 9.17) is 16.3 Å². The van der Waals surface area contributed by atoms with Gasteiger partial charge in [-0.15, -0.1) is 11.3 Å². The highest BCUT2D eigenvalue weighted by molar-refractivity contribution is 7.18. The van der Waals surface area contributed by atoms with Gasteiger partial charge in [-0.05, 0) is 62.6 Å². The lowest BCUT2D eigenvalue weighted by Gasteiger charge is -2.26. The number of thiazole rings is 1. The summed E-state index contributed by atoms with van der Waals surface area (Å²) in [6, 6.07) is 12.3. The quantitative estimate of drug-likeness (QED) is 0.318. The molecule has 0 aliphatic carbocycles. The van der Waals surface area contributed by atoms with Crippen LogP contribution in [0.4, 0.5) is 0 Å². The Hall–Kier alpha value is -2.34. The van der Waals surface area contributed by atoms with Crippen LogP contribution in [-0.4, -0.2) is 41.1 Å². The first kappa shape index (κ1) is 20.6. The molecule has 0 radical (unpaired) electrons. The van der Waals surface area contributed by atoms with E-state index in [1.165, 1.54) is 21.2 Å². The van der Waals surface area contributed by atoms with Crippen molar-refractivity contribution in [3.8, 4) is 5.75 Å². The monoisotopic (exact) mass is 451 g/mol. The third-order valence-corrected chi connectivity index (χ3v) is 7.07. The molecule has 4 nitrogen and oxygen atoms in total. The zero-order chi connectivity index (χ0) is 21.2. The molecule has 0 spiro atoms. The van der Waals surface area contributed by atoms with Crippen molar-refractivity contribution in [2.24, 2.45) is 0 Å². The molecule has 0 fully saturated rings. The zero-order valence-electron chi connectivity index (χ0n) is 17.7. The number of H-pyrrole nitrogens is 1. The Morgan fingerprint density at radius 1 is 1.19 bits per heavy atom. The molecule has 4 aromatic rings. The average molecular weight is 452 g/mol. The molecule has 0 unspecified atom stereocenters. The number of nitrogens with one attached hydrogen (secondary N) is 1. The molecule has 0 amide bonds. The molecule has 0 saturated carbocycles. The van der Waals surface area contributed by atoms with E-state index >= 15 is 0 Å². The number of fused-ring (bicyclic) bond motifs is 2. The topological polar surface area (TPSA) is 41.1 Å². The van der Waals surface area contributed by atoms with Gasteiger partial charge in [0.1, 0.15) is 5.75 Å². The Labute approximate surface area is 191 Å². The molecule has 3 heterocycles. The van der Waals surface area contributed by atoms with Crippen LogP contribution in [0.2, 0.25) is 5.02 Å². The van der Waals surface area contributed by atoms with Crippen LogP contribution in [0, 0.1) is 6.92 Å². The van der Waals surface area contributed by atoms with Crippen LogP contribution in [0.15, 0.2) is 48.7 Å². The number of nitrogens with zero attached hydrogens (tertiary/aromatic N) is 2. The zero-order valence-corrected chi connectivity index (χ0v) is 19.2. The summed E-state index contributed by atoms with van der Waals surface area (Å²) < 4.78 is 7.17. The largest absolute Gasteiger partial charge is 0.494 e. The summed E-state index contributed by atoms with van der Waals surface area (Å²) in [5, 5.41) is 3.12. The maximum Gasteiger partial charge on any atom is 0.121 e. The van der Waals surface area contributed by atoms with Gasteiger partial charge in [-0.2, -0.15) is 0 Å². The summed E-state index contributed by atoms with van der Waals surface area (Å²) in [4.78, 5) is 10.4. The van der Waals surface area contributed by atoms with E-state index in [-0.39, 0.29) is 0 Å². The van der Waals surface area contributed by atoms with Crippen LogP contribution in [0.25, 0.3) is 26.7 Å². The number of aryl methyl sites for hydroxylation is 1. The molecule has 2 aromatic heterocycles. The number of hydrogen-bond donors (Lipinski definition) is 1. The van der Waals surface area contributed by atoms with Crippen molar-refractivity contribution in [1.29, 1.82) is 0 Å². The standard InChI is InChI=1S/C25H26ClN3OS/c1-17-28-24-15-20(5-7-25(24)31-17)30-13-3-2-10-29-11-8-18(9-12-29)22-16-27-23-14-19(26)4-6-21(22)23/h4-8,14-16,27H,2-3,9-13H2,1H3. The van der Waals surface area contributed by atoms with Crippen LogP contribution in [0.5, 0.6) is 5.75 Å². The maximum atomic E-state index is 6.11. The summed E-state index contributed by atoms with van der Waals surface area (Å²) in [6.07, 6.45) is 7.78. The number of aromatic amines is 1. The molecular weight excluding hydrogens is 426 g/mol. The first-order chi connectivity index (χ1) is 15.2. The Morgan fingerprint density at radius 2 is 2.13 bits per heavy atom. The van der Waals surface area contributed by atoms with Crippen molar-refractivity contribution in [3.63, 3.8) is 0 Å². The number of benzene rings is 2. The van der Waals surface area contributed by atoms with Crippen molar-refractivity contribution in [2.75, 3.05) is 26.2 Å². The van der Waals surface area contributed by atoms with Gasteiger partial charge in [0.2, 0.25) is 0 Å². The minimum absolute atomic E-state index is 0.751. The Balaban J connectivity index is 1.08. The number of rotatable bonds is 7. The molecule has 0 atom stereocenters. The molecule has 31 heavy (non-hydrogen) atoms. The Morgan fingerprint density at radius 3 is 3.00 bits per heavy atom. The smallest absolute Gasteiger partial charge is 0.121 e. The van der Waals surface area contributed by atoms with Crippen LogP contribution in [0.1, 0.15) is 29.8 Å². The normalized spacial score (nSPS) is 15.0. The second-order valence-electron chi connectivity index (χ2n) is 8.09. The van der Waals surface area contributed by atoms with Crippen molar-refractivity contribution in [3.05, 3.63) is 64.3 Å². The molecular formula is C25H26ClN3OS. The molecule has 160 valence electrons.